The highest BCUT2D eigenvalue weighted by molar-refractivity contribution is 9.11. The van der Waals surface area contributed by atoms with E-state index in [9.17, 15) is 4.79 Å². The monoisotopic (exact) mass is 303 g/mol. The van der Waals surface area contributed by atoms with Crippen LogP contribution >= 0.6 is 27.3 Å². The Morgan fingerprint density at radius 1 is 1.44 bits per heavy atom. The maximum absolute atomic E-state index is 11.1. The van der Waals surface area contributed by atoms with Crippen molar-refractivity contribution in [3.05, 3.63) is 14.5 Å². The minimum Gasteiger partial charge on any atom is -0.476 e. The summed E-state index contributed by atoms with van der Waals surface area (Å²) in [6, 6.07) is 0. The van der Waals surface area contributed by atoms with Crippen LogP contribution in [0.1, 0.15) is 53.9 Å². The Balaban J connectivity index is 2.22. The number of hydrogen-bond acceptors (Lipinski definition) is 3. The first-order valence-corrected chi connectivity index (χ1v) is 7.08. The first-order chi connectivity index (χ1) is 7.58. The summed E-state index contributed by atoms with van der Waals surface area (Å²) in [5.74, 6) is 0.266. The van der Waals surface area contributed by atoms with Gasteiger partial charge in [0.25, 0.3) is 0 Å². The lowest BCUT2D eigenvalue weighted by Crippen LogP contribution is -2.12. The third-order valence-electron chi connectivity index (χ3n) is 3.22. The van der Waals surface area contributed by atoms with Crippen molar-refractivity contribution >= 4 is 33.2 Å². The van der Waals surface area contributed by atoms with E-state index in [1.807, 2.05) is 0 Å². The van der Waals surface area contributed by atoms with Gasteiger partial charge in [-0.2, -0.15) is 0 Å². The Morgan fingerprint density at radius 2 is 2.06 bits per heavy atom. The van der Waals surface area contributed by atoms with Crippen LogP contribution in [0, 0.1) is 5.92 Å². The second kappa shape index (κ2) is 4.84. The molecule has 1 saturated carbocycles. The first-order valence-electron chi connectivity index (χ1n) is 5.47. The van der Waals surface area contributed by atoms with Gasteiger partial charge in [-0.15, -0.1) is 11.3 Å². The van der Waals surface area contributed by atoms with Gasteiger partial charge in [0.2, 0.25) is 0 Å². The number of carboxylic acids is 1. The molecular formula is C11H14BrNO2S. The second-order valence-electron chi connectivity index (χ2n) is 4.44. The average molecular weight is 304 g/mol. The maximum atomic E-state index is 11.1. The summed E-state index contributed by atoms with van der Waals surface area (Å²) in [7, 11) is 0. The summed E-state index contributed by atoms with van der Waals surface area (Å²) < 4.78 is 0.679. The van der Waals surface area contributed by atoms with E-state index in [1.165, 1.54) is 24.2 Å². The molecule has 0 radical (unpaired) electrons. The molecule has 0 atom stereocenters. The number of thiazole rings is 1. The molecule has 1 aliphatic rings. The smallest absolute Gasteiger partial charge is 0.355 e. The Hall–Kier alpha value is -0.420. The Kier molecular flexibility index (Phi) is 3.64. The van der Waals surface area contributed by atoms with Crippen LogP contribution in [0.5, 0.6) is 0 Å². The van der Waals surface area contributed by atoms with Crippen LogP contribution in [-0.2, 0) is 0 Å². The highest BCUT2D eigenvalue weighted by atomic mass is 79.9. The van der Waals surface area contributed by atoms with Crippen LogP contribution in [0.4, 0.5) is 0 Å². The van der Waals surface area contributed by atoms with E-state index in [-0.39, 0.29) is 5.69 Å². The van der Waals surface area contributed by atoms with E-state index in [1.54, 1.807) is 0 Å². The minimum absolute atomic E-state index is 0.247. The molecule has 1 aliphatic carbocycles. The van der Waals surface area contributed by atoms with Gasteiger partial charge in [-0.25, -0.2) is 9.78 Å². The highest BCUT2D eigenvalue weighted by Gasteiger charge is 2.27. The number of aromatic carboxylic acids is 1. The van der Waals surface area contributed by atoms with Gasteiger partial charge in [-0.3, -0.25) is 0 Å². The predicted molar refractivity (Wildman–Crippen MR) is 67.1 cm³/mol. The molecule has 0 aliphatic heterocycles. The number of carboxylic acid groups (broad SMARTS) is 1. The lowest BCUT2D eigenvalue weighted by Gasteiger charge is -2.25. The van der Waals surface area contributed by atoms with Crippen LogP contribution in [0.25, 0.3) is 0 Å². The van der Waals surface area contributed by atoms with Gasteiger partial charge in [0.05, 0.1) is 0 Å². The molecule has 16 heavy (non-hydrogen) atoms. The van der Waals surface area contributed by atoms with Crippen molar-refractivity contribution in [3.63, 3.8) is 0 Å². The molecule has 0 aromatic carbocycles. The van der Waals surface area contributed by atoms with Crippen molar-refractivity contribution in [2.75, 3.05) is 0 Å². The van der Waals surface area contributed by atoms with Crippen molar-refractivity contribution in [1.29, 1.82) is 0 Å². The number of hydrogen-bond donors (Lipinski definition) is 1. The number of halogens is 1. The second-order valence-corrected chi connectivity index (χ2v) is 6.75. The molecule has 0 bridgehead atoms. The number of aromatic nitrogens is 1. The van der Waals surface area contributed by atoms with Crippen molar-refractivity contribution in [1.82, 2.24) is 4.98 Å². The zero-order valence-electron chi connectivity index (χ0n) is 9.07. The zero-order valence-corrected chi connectivity index (χ0v) is 11.5. The largest absolute Gasteiger partial charge is 0.476 e. The number of rotatable bonds is 2. The Bertz CT molecular complexity index is 397. The third kappa shape index (κ3) is 2.46. The van der Waals surface area contributed by atoms with Crippen LogP contribution < -0.4 is 0 Å². The molecule has 1 N–H and O–H groups in total. The lowest BCUT2D eigenvalue weighted by molar-refractivity contribution is 0.0689. The molecule has 1 aromatic rings. The number of carbonyl (C=O) groups is 1. The molecule has 0 unspecified atom stereocenters. The van der Waals surface area contributed by atoms with Crippen LogP contribution in [0.3, 0.4) is 0 Å². The molecule has 0 spiro atoms. The van der Waals surface area contributed by atoms with Gasteiger partial charge in [0, 0.05) is 4.88 Å². The van der Waals surface area contributed by atoms with Crippen molar-refractivity contribution in [2.24, 2.45) is 5.92 Å². The van der Waals surface area contributed by atoms with Gasteiger partial charge >= 0.3 is 5.97 Å². The number of nitrogens with zero attached hydrogens (tertiary/aromatic N) is 1. The summed E-state index contributed by atoms with van der Waals surface area (Å²) in [4.78, 5) is 16.1. The fraction of sp³-hybridized carbons (Fsp3) is 0.636. The van der Waals surface area contributed by atoms with E-state index < -0.39 is 5.97 Å². The van der Waals surface area contributed by atoms with E-state index >= 15 is 0 Å². The van der Waals surface area contributed by atoms with Gasteiger partial charge in [0.1, 0.15) is 0 Å². The van der Waals surface area contributed by atoms with E-state index in [4.69, 9.17) is 5.11 Å². The van der Waals surface area contributed by atoms with Crippen molar-refractivity contribution in [3.8, 4) is 0 Å². The molecule has 3 nitrogen and oxygen atoms in total. The molecule has 0 saturated heterocycles. The van der Waals surface area contributed by atoms with Crippen LogP contribution in [-0.4, -0.2) is 16.1 Å². The van der Waals surface area contributed by atoms with Gasteiger partial charge < -0.3 is 5.11 Å². The summed E-state index contributed by atoms with van der Waals surface area (Å²) in [6.45, 7) is 2.26. The Labute approximate surface area is 107 Å². The quantitative estimate of drug-likeness (QED) is 0.901. The molecule has 2 rings (SSSR count). The minimum atomic E-state index is -0.907. The fourth-order valence-electron chi connectivity index (χ4n) is 2.26. The van der Waals surface area contributed by atoms with Gasteiger partial charge in [0.15, 0.2) is 9.61 Å². The average Bonchev–Trinajstić information content (AvgIpc) is 2.61. The topological polar surface area (TPSA) is 50.2 Å². The predicted octanol–water partition coefficient (Wildman–Crippen LogP) is 3.90. The first kappa shape index (κ1) is 12.0. The van der Waals surface area contributed by atoms with E-state index in [2.05, 4.69) is 27.8 Å². The molecule has 1 heterocycles. The molecule has 88 valence electrons. The van der Waals surface area contributed by atoms with Crippen molar-refractivity contribution < 1.29 is 9.90 Å². The molecule has 1 aromatic heterocycles. The molecule has 1 fully saturated rings. The van der Waals surface area contributed by atoms with Gasteiger partial charge in [-0.1, -0.05) is 19.8 Å². The van der Waals surface area contributed by atoms with E-state index in [0.717, 1.165) is 23.6 Å². The summed E-state index contributed by atoms with van der Waals surface area (Å²) in [6.07, 6.45) is 4.57. The normalized spacial score (nSPS) is 25.6. The fourth-order valence-corrected chi connectivity index (χ4v) is 3.91. The zero-order chi connectivity index (χ0) is 11.7. The summed E-state index contributed by atoms with van der Waals surface area (Å²) in [5.41, 5.74) is 0.247. The molecule has 5 heteroatoms. The standard InChI is InChI=1S/C11H14BrNO2S/c1-6-2-4-7(5-3-6)9-8(10(14)15)13-11(12)16-9/h6-7H,2-5H2,1H3,(H,14,15). The van der Waals surface area contributed by atoms with E-state index in [0.29, 0.717) is 9.83 Å². The SMILES string of the molecule is CC1CCC(c2sc(Br)nc2C(=O)O)CC1. The molecule has 0 amide bonds. The third-order valence-corrected chi connectivity index (χ3v) is 4.89. The molecular weight excluding hydrogens is 290 g/mol. The Morgan fingerprint density at radius 3 is 2.62 bits per heavy atom. The lowest BCUT2D eigenvalue weighted by atomic mass is 9.82. The van der Waals surface area contributed by atoms with Crippen molar-refractivity contribution in [2.45, 2.75) is 38.5 Å². The van der Waals surface area contributed by atoms with Crippen LogP contribution in [0.15, 0.2) is 3.92 Å². The van der Waals surface area contributed by atoms with Gasteiger partial charge in [-0.05, 0) is 40.6 Å². The summed E-state index contributed by atoms with van der Waals surface area (Å²) >= 11 is 4.75. The maximum Gasteiger partial charge on any atom is 0.355 e. The summed E-state index contributed by atoms with van der Waals surface area (Å²) in [5, 5.41) is 9.08. The highest BCUT2D eigenvalue weighted by Crippen LogP contribution is 2.40. The van der Waals surface area contributed by atoms with Crippen LogP contribution in [0.2, 0.25) is 0 Å².